The molecule has 0 saturated heterocycles. The summed E-state index contributed by atoms with van der Waals surface area (Å²) in [5, 5.41) is 30.7. The van der Waals surface area contributed by atoms with E-state index < -0.39 is 22.4 Å². The third-order valence-electron chi connectivity index (χ3n) is 3.91. The van der Waals surface area contributed by atoms with Crippen LogP contribution in [-0.2, 0) is 12.6 Å². The van der Waals surface area contributed by atoms with Crippen molar-refractivity contribution in [3.63, 3.8) is 0 Å². The van der Waals surface area contributed by atoms with Crippen molar-refractivity contribution in [3.05, 3.63) is 73.4 Å². The molecule has 1 aromatic heterocycles. The van der Waals surface area contributed by atoms with Crippen molar-refractivity contribution in [1.82, 2.24) is 4.98 Å². The van der Waals surface area contributed by atoms with Crippen LogP contribution in [0.15, 0.2) is 42.2 Å². The van der Waals surface area contributed by atoms with E-state index in [1.807, 2.05) is 0 Å². The SMILES string of the molecule is N#C/C(=C(/O)Cc1ccc(Cl)c([N+](=O)[O-])c1)c1nc2cc(C(F)(F)F)ccc2s1. The summed E-state index contributed by atoms with van der Waals surface area (Å²) < 4.78 is 39.0. The molecule has 11 heteroatoms. The summed E-state index contributed by atoms with van der Waals surface area (Å²) in [6, 6.07) is 8.72. The lowest BCUT2D eigenvalue weighted by atomic mass is 10.1. The zero-order valence-corrected chi connectivity index (χ0v) is 15.8. The number of halogens is 4. The molecule has 0 atom stereocenters. The smallest absolute Gasteiger partial charge is 0.416 e. The highest BCUT2D eigenvalue weighted by Gasteiger charge is 2.31. The lowest BCUT2D eigenvalue weighted by Gasteiger charge is -2.05. The van der Waals surface area contributed by atoms with E-state index in [0.29, 0.717) is 10.3 Å². The molecule has 0 unspecified atom stereocenters. The maximum Gasteiger partial charge on any atom is 0.416 e. The molecule has 0 spiro atoms. The summed E-state index contributed by atoms with van der Waals surface area (Å²) in [4.78, 5) is 14.3. The first-order valence-corrected chi connectivity index (χ1v) is 9.02. The molecule has 0 aliphatic rings. The van der Waals surface area contributed by atoms with Gasteiger partial charge >= 0.3 is 6.18 Å². The van der Waals surface area contributed by atoms with Gasteiger partial charge in [0, 0.05) is 12.5 Å². The minimum atomic E-state index is -4.53. The number of nitrogens with zero attached hydrogens (tertiary/aromatic N) is 3. The van der Waals surface area contributed by atoms with Crippen LogP contribution in [-0.4, -0.2) is 15.0 Å². The Hall–Kier alpha value is -3.16. The maximum atomic E-state index is 12.9. The van der Waals surface area contributed by atoms with E-state index in [0.717, 1.165) is 23.5 Å². The largest absolute Gasteiger partial charge is 0.510 e. The molecule has 1 heterocycles. The molecular formula is C18H9ClF3N3O3S. The molecule has 0 aliphatic heterocycles. The molecule has 0 bridgehead atoms. The third-order valence-corrected chi connectivity index (χ3v) is 5.28. The van der Waals surface area contributed by atoms with E-state index in [1.165, 1.54) is 24.3 Å². The van der Waals surface area contributed by atoms with Gasteiger partial charge in [0.1, 0.15) is 27.4 Å². The number of hydrogen-bond donors (Lipinski definition) is 1. The fraction of sp³-hybridized carbons (Fsp3) is 0.111. The van der Waals surface area contributed by atoms with Crippen LogP contribution in [0.4, 0.5) is 18.9 Å². The highest BCUT2D eigenvalue weighted by atomic mass is 35.5. The molecule has 0 saturated carbocycles. The summed E-state index contributed by atoms with van der Waals surface area (Å²) in [7, 11) is 0. The number of alkyl halides is 3. The van der Waals surface area contributed by atoms with Crippen LogP contribution >= 0.6 is 22.9 Å². The van der Waals surface area contributed by atoms with Crippen molar-refractivity contribution in [2.24, 2.45) is 0 Å². The lowest BCUT2D eigenvalue weighted by molar-refractivity contribution is -0.384. The van der Waals surface area contributed by atoms with E-state index in [-0.39, 0.29) is 33.2 Å². The summed E-state index contributed by atoms with van der Waals surface area (Å²) in [6.45, 7) is 0. The zero-order chi connectivity index (χ0) is 21.3. The molecule has 29 heavy (non-hydrogen) atoms. The van der Waals surface area contributed by atoms with E-state index in [9.17, 15) is 33.7 Å². The molecule has 0 fully saturated rings. The van der Waals surface area contributed by atoms with Crippen LogP contribution in [0.5, 0.6) is 0 Å². The second-order valence-electron chi connectivity index (χ2n) is 5.85. The van der Waals surface area contributed by atoms with Gasteiger partial charge in [-0.2, -0.15) is 18.4 Å². The van der Waals surface area contributed by atoms with Crippen LogP contribution in [0, 0.1) is 21.4 Å². The second kappa shape index (κ2) is 7.69. The number of benzene rings is 2. The van der Waals surface area contributed by atoms with E-state index in [4.69, 9.17) is 11.6 Å². The first-order chi connectivity index (χ1) is 13.6. The van der Waals surface area contributed by atoms with Gasteiger partial charge in [-0.15, -0.1) is 11.3 Å². The predicted molar refractivity (Wildman–Crippen MR) is 102 cm³/mol. The van der Waals surface area contributed by atoms with Gasteiger partial charge < -0.3 is 5.11 Å². The molecule has 0 radical (unpaired) electrons. The monoisotopic (exact) mass is 439 g/mol. The number of fused-ring (bicyclic) bond motifs is 1. The van der Waals surface area contributed by atoms with Gasteiger partial charge in [-0.05, 0) is 29.8 Å². The van der Waals surface area contributed by atoms with Gasteiger partial charge in [-0.3, -0.25) is 10.1 Å². The van der Waals surface area contributed by atoms with Gasteiger partial charge in [0.15, 0.2) is 0 Å². The fourth-order valence-electron chi connectivity index (χ4n) is 2.54. The second-order valence-corrected chi connectivity index (χ2v) is 7.29. The Balaban J connectivity index is 2.00. The Bertz CT molecular complexity index is 1200. The number of nitro benzene ring substituents is 1. The van der Waals surface area contributed by atoms with E-state index in [1.54, 1.807) is 6.07 Å². The Morgan fingerprint density at radius 3 is 2.66 bits per heavy atom. The minimum Gasteiger partial charge on any atom is -0.510 e. The Labute approximate surface area is 170 Å². The molecule has 0 amide bonds. The van der Waals surface area contributed by atoms with Crippen molar-refractivity contribution in [2.75, 3.05) is 0 Å². The van der Waals surface area contributed by atoms with E-state index >= 15 is 0 Å². The Morgan fingerprint density at radius 2 is 2.03 bits per heavy atom. The summed E-state index contributed by atoms with van der Waals surface area (Å²) in [5.41, 5.74) is -1.08. The number of nitro groups is 1. The van der Waals surface area contributed by atoms with Crippen LogP contribution < -0.4 is 0 Å². The molecule has 0 aliphatic carbocycles. The molecule has 3 rings (SSSR count). The maximum absolute atomic E-state index is 12.9. The predicted octanol–water partition coefficient (Wildman–Crippen LogP) is 5.91. The van der Waals surface area contributed by atoms with Crippen LogP contribution in [0.25, 0.3) is 15.8 Å². The van der Waals surface area contributed by atoms with Crippen molar-refractivity contribution >= 4 is 44.4 Å². The highest BCUT2D eigenvalue weighted by Crippen LogP contribution is 2.35. The van der Waals surface area contributed by atoms with Crippen molar-refractivity contribution in [2.45, 2.75) is 12.6 Å². The summed E-state index contributed by atoms with van der Waals surface area (Å²) in [6.07, 6.45) is -4.75. The Kier molecular flexibility index (Phi) is 5.46. The average Bonchev–Trinajstić information content (AvgIpc) is 3.05. The first-order valence-electron chi connectivity index (χ1n) is 7.83. The van der Waals surface area contributed by atoms with Crippen molar-refractivity contribution < 1.29 is 23.2 Å². The number of rotatable bonds is 4. The number of thiazole rings is 1. The molecule has 2 aromatic carbocycles. The molecule has 148 valence electrons. The fourth-order valence-corrected chi connectivity index (χ4v) is 3.69. The van der Waals surface area contributed by atoms with Crippen molar-refractivity contribution in [3.8, 4) is 6.07 Å². The van der Waals surface area contributed by atoms with Crippen LogP contribution in [0.3, 0.4) is 0 Å². The highest BCUT2D eigenvalue weighted by molar-refractivity contribution is 7.19. The Morgan fingerprint density at radius 1 is 1.31 bits per heavy atom. The molecule has 1 N–H and O–H groups in total. The molecule has 3 aromatic rings. The lowest BCUT2D eigenvalue weighted by Crippen LogP contribution is -2.03. The number of aromatic nitrogens is 1. The topological polar surface area (TPSA) is 100 Å². The van der Waals surface area contributed by atoms with Crippen LogP contribution in [0.1, 0.15) is 16.1 Å². The number of hydrogen-bond acceptors (Lipinski definition) is 6. The average molecular weight is 440 g/mol. The number of nitriles is 1. The van der Waals surface area contributed by atoms with Crippen molar-refractivity contribution in [1.29, 1.82) is 5.26 Å². The van der Waals surface area contributed by atoms with E-state index in [2.05, 4.69) is 4.98 Å². The summed E-state index contributed by atoms with van der Waals surface area (Å²) >= 11 is 6.70. The number of allylic oxidation sites excluding steroid dienone is 2. The van der Waals surface area contributed by atoms with Gasteiger partial charge in [0.05, 0.1) is 20.7 Å². The minimum absolute atomic E-state index is 0.0440. The zero-order valence-electron chi connectivity index (χ0n) is 14.2. The van der Waals surface area contributed by atoms with Crippen LogP contribution in [0.2, 0.25) is 5.02 Å². The standard InChI is InChI=1S/C18H9ClF3N3O3S/c19-12-3-1-9(5-14(12)25(27)28)6-15(26)11(8-23)17-24-13-7-10(18(20,21)22)2-4-16(13)29-17/h1-5,7,26H,6H2/b15-11-. The van der Waals surface area contributed by atoms with Gasteiger partial charge in [-0.1, -0.05) is 17.7 Å². The van der Waals surface area contributed by atoms with Gasteiger partial charge in [-0.25, -0.2) is 4.98 Å². The number of aliphatic hydroxyl groups excluding tert-OH is 1. The number of aliphatic hydroxyl groups is 1. The first kappa shape index (κ1) is 20.6. The molecular weight excluding hydrogens is 431 g/mol. The quantitative estimate of drug-likeness (QED) is 0.235. The summed E-state index contributed by atoms with van der Waals surface area (Å²) in [5.74, 6) is -0.417. The third kappa shape index (κ3) is 4.31. The van der Waals surface area contributed by atoms with Gasteiger partial charge in [0.2, 0.25) is 0 Å². The van der Waals surface area contributed by atoms with Gasteiger partial charge in [0.25, 0.3) is 5.69 Å². The normalized spacial score (nSPS) is 12.5. The molecule has 6 nitrogen and oxygen atoms in total.